The van der Waals surface area contributed by atoms with Crippen molar-refractivity contribution in [2.45, 2.75) is 38.3 Å². The van der Waals surface area contributed by atoms with Gasteiger partial charge in [0, 0.05) is 19.6 Å². The molecule has 0 radical (unpaired) electrons. The van der Waals surface area contributed by atoms with Gasteiger partial charge in [-0.25, -0.2) is 4.79 Å². The number of urea groups is 1. The van der Waals surface area contributed by atoms with Gasteiger partial charge >= 0.3 is 6.03 Å². The first kappa shape index (κ1) is 10.3. The van der Waals surface area contributed by atoms with Crippen LogP contribution in [0.25, 0.3) is 0 Å². The predicted molar refractivity (Wildman–Crippen MR) is 50.5 cm³/mol. The summed E-state index contributed by atoms with van der Waals surface area (Å²) in [5.41, 5.74) is 0. The Balaban J connectivity index is 2.12. The maximum Gasteiger partial charge on any atom is 0.317 e. The number of hydrogen-bond donors (Lipinski definition) is 2. The molecule has 1 rings (SSSR count). The lowest BCUT2D eigenvalue weighted by molar-refractivity contribution is 0.163. The summed E-state index contributed by atoms with van der Waals surface area (Å²) in [5, 5.41) is 11.9. The largest absolute Gasteiger partial charge is 0.393 e. The summed E-state index contributed by atoms with van der Waals surface area (Å²) in [6, 6.07) is 0.379. The molecular formula is C9H18N2O2. The second-order valence-corrected chi connectivity index (χ2v) is 3.78. The van der Waals surface area contributed by atoms with Crippen LogP contribution in [-0.4, -0.2) is 41.8 Å². The van der Waals surface area contributed by atoms with Crippen LogP contribution in [0.2, 0.25) is 0 Å². The van der Waals surface area contributed by atoms with Crippen LogP contribution in [0.4, 0.5) is 4.79 Å². The summed E-state index contributed by atoms with van der Waals surface area (Å²) in [4.78, 5) is 13.0. The zero-order valence-electron chi connectivity index (χ0n) is 8.29. The van der Waals surface area contributed by atoms with Gasteiger partial charge in [0.15, 0.2) is 0 Å². The van der Waals surface area contributed by atoms with Gasteiger partial charge in [-0.15, -0.1) is 0 Å². The molecule has 0 bridgehead atoms. The smallest absolute Gasteiger partial charge is 0.317 e. The van der Waals surface area contributed by atoms with Crippen molar-refractivity contribution in [3.05, 3.63) is 0 Å². The van der Waals surface area contributed by atoms with Crippen LogP contribution in [0, 0.1) is 0 Å². The molecule has 0 aromatic carbocycles. The van der Waals surface area contributed by atoms with Crippen molar-refractivity contribution in [1.82, 2.24) is 10.2 Å². The maximum absolute atomic E-state index is 11.3. The van der Waals surface area contributed by atoms with Gasteiger partial charge in [0.25, 0.3) is 0 Å². The highest BCUT2D eigenvalue weighted by Gasteiger charge is 2.24. The van der Waals surface area contributed by atoms with Crippen LogP contribution in [0.1, 0.15) is 26.2 Å². The first-order chi connectivity index (χ1) is 6.09. The summed E-state index contributed by atoms with van der Waals surface area (Å²) in [6.07, 6.45) is 2.51. The van der Waals surface area contributed by atoms with Crippen molar-refractivity contribution in [3.63, 3.8) is 0 Å². The molecule has 1 saturated carbocycles. The van der Waals surface area contributed by atoms with E-state index < -0.39 is 0 Å². The molecule has 4 nitrogen and oxygen atoms in total. The number of carbonyl (C=O) groups excluding carboxylic acids is 1. The van der Waals surface area contributed by atoms with E-state index >= 15 is 0 Å². The van der Waals surface area contributed by atoms with Crippen molar-refractivity contribution in [3.8, 4) is 0 Å². The SMILES string of the molecule is CC(O)CCN(C)C(=O)NC1CC1. The number of nitrogens with one attached hydrogen (secondary N) is 1. The Morgan fingerprint density at radius 2 is 2.31 bits per heavy atom. The van der Waals surface area contributed by atoms with E-state index in [2.05, 4.69) is 5.32 Å². The van der Waals surface area contributed by atoms with Crippen molar-refractivity contribution >= 4 is 6.03 Å². The molecule has 4 heteroatoms. The third kappa shape index (κ3) is 4.12. The van der Waals surface area contributed by atoms with Crippen molar-refractivity contribution < 1.29 is 9.90 Å². The third-order valence-corrected chi connectivity index (χ3v) is 2.13. The molecule has 0 aliphatic heterocycles. The minimum atomic E-state index is -0.337. The highest BCUT2D eigenvalue weighted by atomic mass is 16.3. The number of aliphatic hydroxyl groups excluding tert-OH is 1. The zero-order chi connectivity index (χ0) is 9.84. The number of hydrogen-bond acceptors (Lipinski definition) is 2. The molecule has 1 aliphatic rings. The highest BCUT2D eigenvalue weighted by Crippen LogP contribution is 2.18. The predicted octanol–water partition coefficient (Wildman–Crippen LogP) is 0.561. The molecule has 1 fully saturated rings. The second kappa shape index (κ2) is 4.46. The summed E-state index contributed by atoms with van der Waals surface area (Å²) >= 11 is 0. The van der Waals surface area contributed by atoms with Crippen molar-refractivity contribution in [2.24, 2.45) is 0 Å². The van der Waals surface area contributed by atoms with Gasteiger partial charge < -0.3 is 15.3 Å². The fourth-order valence-corrected chi connectivity index (χ4v) is 0.995. The molecule has 2 N–H and O–H groups in total. The average Bonchev–Trinajstić information content (AvgIpc) is 2.83. The summed E-state index contributed by atoms with van der Waals surface area (Å²) < 4.78 is 0. The van der Waals surface area contributed by atoms with Crippen LogP contribution in [0.5, 0.6) is 0 Å². The van der Waals surface area contributed by atoms with Crippen molar-refractivity contribution in [2.75, 3.05) is 13.6 Å². The first-order valence-corrected chi connectivity index (χ1v) is 4.79. The standard InChI is InChI=1S/C9H18N2O2/c1-7(12)5-6-11(2)9(13)10-8-3-4-8/h7-8,12H,3-6H2,1-2H3,(H,10,13). The van der Waals surface area contributed by atoms with Gasteiger partial charge in [0.05, 0.1) is 6.10 Å². The minimum Gasteiger partial charge on any atom is -0.393 e. The molecule has 2 amide bonds. The van der Waals surface area contributed by atoms with Gasteiger partial charge in [0.2, 0.25) is 0 Å². The van der Waals surface area contributed by atoms with Crippen LogP contribution in [0.15, 0.2) is 0 Å². The molecule has 0 spiro atoms. The molecule has 1 aliphatic carbocycles. The van der Waals surface area contributed by atoms with Gasteiger partial charge in [-0.3, -0.25) is 0 Å². The Morgan fingerprint density at radius 1 is 1.69 bits per heavy atom. The second-order valence-electron chi connectivity index (χ2n) is 3.78. The average molecular weight is 186 g/mol. The van der Waals surface area contributed by atoms with Crippen LogP contribution < -0.4 is 5.32 Å². The lowest BCUT2D eigenvalue weighted by atomic mass is 10.3. The lowest BCUT2D eigenvalue weighted by Gasteiger charge is -2.18. The van der Waals surface area contributed by atoms with Gasteiger partial charge in [-0.05, 0) is 26.2 Å². The lowest BCUT2D eigenvalue weighted by Crippen LogP contribution is -2.39. The molecule has 0 aromatic rings. The van der Waals surface area contributed by atoms with E-state index in [1.54, 1.807) is 18.9 Å². The minimum absolute atomic E-state index is 0.0249. The van der Waals surface area contributed by atoms with E-state index in [0.717, 1.165) is 12.8 Å². The molecule has 13 heavy (non-hydrogen) atoms. The zero-order valence-corrected chi connectivity index (χ0v) is 8.29. The van der Waals surface area contributed by atoms with Crippen molar-refractivity contribution in [1.29, 1.82) is 0 Å². The third-order valence-electron chi connectivity index (χ3n) is 2.13. The molecule has 0 aromatic heterocycles. The monoisotopic (exact) mass is 186 g/mol. The number of nitrogens with zero attached hydrogens (tertiary/aromatic N) is 1. The highest BCUT2D eigenvalue weighted by molar-refractivity contribution is 5.74. The molecule has 1 atom stereocenters. The van der Waals surface area contributed by atoms with Gasteiger partial charge in [-0.1, -0.05) is 0 Å². The quantitative estimate of drug-likeness (QED) is 0.674. The Bertz CT molecular complexity index is 178. The Morgan fingerprint density at radius 3 is 2.77 bits per heavy atom. The van der Waals surface area contributed by atoms with Crippen LogP contribution >= 0.6 is 0 Å². The van der Waals surface area contributed by atoms with E-state index in [9.17, 15) is 4.79 Å². The van der Waals surface area contributed by atoms with Gasteiger partial charge in [-0.2, -0.15) is 0 Å². The van der Waals surface area contributed by atoms with Crippen LogP contribution in [0.3, 0.4) is 0 Å². The first-order valence-electron chi connectivity index (χ1n) is 4.79. The van der Waals surface area contributed by atoms with E-state index in [-0.39, 0.29) is 12.1 Å². The Kier molecular flexibility index (Phi) is 3.54. The Hall–Kier alpha value is -0.770. The van der Waals surface area contributed by atoms with Gasteiger partial charge in [0.1, 0.15) is 0 Å². The number of aliphatic hydroxyl groups is 1. The van der Waals surface area contributed by atoms with E-state index in [4.69, 9.17) is 5.11 Å². The molecule has 76 valence electrons. The summed E-state index contributed by atoms with van der Waals surface area (Å²) in [5.74, 6) is 0. The topological polar surface area (TPSA) is 52.6 Å². The van der Waals surface area contributed by atoms with E-state index in [1.807, 2.05) is 0 Å². The molecular weight excluding hydrogens is 168 g/mol. The maximum atomic E-state index is 11.3. The van der Waals surface area contributed by atoms with Crippen LogP contribution in [-0.2, 0) is 0 Å². The number of rotatable bonds is 4. The number of amides is 2. The number of carbonyl (C=O) groups is 1. The summed E-state index contributed by atoms with van der Waals surface area (Å²) in [7, 11) is 1.75. The molecule has 0 heterocycles. The molecule has 1 unspecified atom stereocenters. The van der Waals surface area contributed by atoms with E-state index in [1.165, 1.54) is 0 Å². The fraction of sp³-hybridized carbons (Fsp3) is 0.889. The fourth-order valence-electron chi connectivity index (χ4n) is 0.995. The molecule has 0 saturated heterocycles. The summed E-state index contributed by atoms with van der Waals surface area (Å²) in [6.45, 7) is 2.34. The Labute approximate surface area is 78.9 Å². The normalized spacial score (nSPS) is 18.1. The van der Waals surface area contributed by atoms with E-state index in [0.29, 0.717) is 19.0 Å².